The molecule has 3 aromatic heterocycles. The van der Waals surface area contributed by atoms with Crippen molar-refractivity contribution in [3.63, 3.8) is 0 Å². The number of carbonyl (C=O) groups excluding carboxylic acids is 1. The topological polar surface area (TPSA) is 105 Å². The second-order valence-electron chi connectivity index (χ2n) is 7.93. The molecule has 0 bridgehead atoms. The van der Waals surface area contributed by atoms with Crippen LogP contribution in [0.4, 0.5) is 17.5 Å². The predicted molar refractivity (Wildman–Crippen MR) is 116 cm³/mol. The highest BCUT2D eigenvalue weighted by Gasteiger charge is 2.27. The highest BCUT2D eigenvalue weighted by atomic mass is 16.2. The zero-order chi connectivity index (χ0) is 21.0. The average Bonchev–Trinajstić information content (AvgIpc) is 3.54. The van der Waals surface area contributed by atoms with Gasteiger partial charge in [0.2, 0.25) is 5.91 Å². The molecule has 2 aliphatic rings. The van der Waals surface area contributed by atoms with Gasteiger partial charge in [0, 0.05) is 50.7 Å². The molecule has 2 aliphatic heterocycles. The molecule has 0 aromatic carbocycles. The fraction of sp³-hybridized carbons (Fsp3) is 0.429. The first kappa shape index (κ1) is 19.4. The van der Waals surface area contributed by atoms with Crippen LogP contribution in [0.5, 0.6) is 0 Å². The third-order valence-corrected chi connectivity index (χ3v) is 5.86. The van der Waals surface area contributed by atoms with E-state index >= 15 is 0 Å². The average molecular weight is 419 g/mol. The first-order valence-corrected chi connectivity index (χ1v) is 10.7. The van der Waals surface area contributed by atoms with Crippen LogP contribution in [-0.4, -0.2) is 61.6 Å². The van der Waals surface area contributed by atoms with Crippen LogP contribution in [0.1, 0.15) is 25.7 Å². The third kappa shape index (κ3) is 4.32. The maximum Gasteiger partial charge on any atom is 0.230 e. The van der Waals surface area contributed by atoms with Crippen LogP contribution in [0, 0.1) is 5.92 Å². The van der Waals surface area contributed by atoms with Gasteiger partial charge in [-0.3, -0.25) is 9.36 Å². The van der Waals surface area contributed by atoms with E-state index < -0.39 is 0 Å². The van der Waals surface area contributed by atoms with Crippen LogP contribution >= 0.6 is 0 Å². The van der Waals surface area contributed by atoms with Crippen molar-refractivity contribution in [3.8, 4) is 5.82 Å². The molecule has 0 saturated carbocycles. The van der Waals surface area contributed by atoms with E-state index in [0.29, 0.717) is 12.4 Å². The zero-order valence-electron chi connectivity index (χ0n) is 17.3. The molecular formula is C21H25N9O. The number of amides is 1. The number of nitrogens with one attached hydrogen (secondary N) is 1. The number of piperidine rings is 1. The number of anilines is 3. The molecule has 10 nitrogen and oxygen atoms in total. The first-order valence-electron chi connectivity index (χ1n) is 10.7. The number of aromatic nitrogens is 6. The minimum atomic E-state index is -0.134. The van der Waals surface area contributed by atoms with Crippen LogP contribution in [0.3, 0.4) is 0 Å². The number of hydrogen-bond acceptors (Lipinski definition) is 8. The van der Waals surface area contributed by atoms with Crippen molar-refractivity contribution in [1.82, 2.24) is 29.5 Å². The lowest BCUT2D eigenvalue weighted by molar-refractivity contribution is -0.120. The van der Waals surface area contributed by atoms with Gasteiger partial charge in [0.05, 0.1) is 5.92 Å². The van der Waals surface area contributed by atoms with Gasteiger partial charge in [0.15, 0.2) is 0 Å². The zero-order valence-corrected chi connectivity index (χ0v) is 17.3. The van der Waals surface area contributed by atoms with Crippen molar-refractivity contribution in [1.29, 1.82) is 0 Å². The van der Waals surface area contributed by atoms with Crippen molar-refractivity contribution in [2.45, 2.75) is 25.7 Å². The molecule has 1 atom stereocenters. The summed E-state index contributed by atoms with van der Waals surface area (Å²) in [5.74, 6) is 2.86. The van der Waals surface area contributed by atoms with Crippen LogP contribution in [-0.2, 0) is 4.79 Å². The summed E-state index contributed by atoms with van der Waals surface area (Å²) in [6.07, 6.45) is 12.4. The van der Waals surface area contributed by atoms with Crippen molar-refractivity contribution in [2.24, 2.45) is 5.92 Å². The molecule has 160 valence electrons. The van der Waals surface area contributed by atoms with Crippen LogP contribution < -0.4 is 15.1 Å². The lowest BCUT2D eigenvalue weighted by atomic mass is 9.97. The second-order valence-corrected chi connectivity index (χ2v) is 7.93. The Labute approximate surface area is 180 Å². The van der Waals surface area contributed by atoms with E-state index in [1.807, 2.05) is 22.9 Å². The first-order chi connectivity index (χ1) is 15.3. The third-order valence-electron chi connectivity index (χ3n) is 5.86. The number of hydrogen-bond donors (Lipinski definition) is 1. The SMILES string of the molecule is O=C(Nc1cc(N2CCCC2)ncn1)[C@@H]1CCCN(c2cc(-n3ccnc3)ncn2)C1. The summed E-state index contributed by atoms with van der Waals surface area (Å²) < 4.78 is 1.84. The van der Waals surface area contributed by atoms with Gasteiger partial charge in [0.1, 0.15) is 42.3 Å². The largest absolute Gasteiger partial charge is 0.356 e. The van der Waals surface area contributed by atoms with Crippen molar-refractivity contribution in [3.05, 3.63) is 43.5 Å². The van der Waals surface area contributed by atoms with E-state index in [0.717, 1.165) is 49.9 Å². The summed E-state index contributed by atoms with van der Waals surface area (Å²) in [5, 5.41) is 2.99. The predicted octanol–water partition coefficient (Wildman–Crippen LogP) is 1.91. The summed E-state index contributed by atoms with van der Waals surface area (Å²) in [4.78, 5) is 38.8. The number of rotatable bonds is 5. The summed E-state index contributed by atoms with van der Waals surface area (Å²) in [7, 11) is 0. The Morgan fingerprint density at radius 2 is 1.65 bits per heavy atom. The quantitative estimate of drug-likeness (QED) is 0.669. The molecule has 5 heterocycles. The summed E-state index contributed by atoms with van der Waals surface area (Å²) in [6, 6.07) is 3.79. The molecule has 31 heavy (non-hydrogen) atoms. The van der Waals surface area contributed by atoms with Gasteiger partial charge in [-0.15, -0.1) is 0 Å². The standard InChI is InChI=1S/C21H25N9O/c31-21(27-17-10-18(24-13-23-17)28-6-1-2-7-28)16-4-3-8-29(12-16)19-11-20(26-14-25-19)30-9-5-22-15-30/h5,9-11,13-16H,1-4,6-8,12H2,(H,23,24,27,31)/t16-/m1/s1. The van der Waals surface area contributed by atoms with Crippen LogP contribution in [0.2, 0.25) is 0 Å². The van der Waals surface area contributed by atoms with E-state index in [1.54, 1.807) is 18.9 Å². The van der Waals surface area contributed by atoms with Crippen LogP contribution in [0.25, 0.3) is 5.82 Å². The molecular weight excluding hydrogens is 394 g/mol. The summed E-state index contributed by atoms with van der Waals surface area (Å²) in [5.41, 5.74) is 0. The van der Waals surface area contributed by atoms with Crippen molar-refractivity contribution < 1.29 is 4.79 Å². The van der Waals surface area contributed by atoms with Crippen LogP contribution in [0.15, 0.2) is 43.5 Å². The number of carbonyl (C=O) groups is 1. The molecule has 0 spiro atoms. The van der Waals surface area contributed by atoms with E-state index in [1.165, 1.54) is 19.2 Å². The maximum absolute atomic E-state index is 13.0. The summed E-state index contributed by atoms with van der Waals surface area (Å²) in [6.45, 7) is 3.47. The van der Waals surface area contributed by atoms with E-state index in [4.69, 9.17) is 0 Å². The highest BCUT2D eigenvalue weighted by Crippen LogP contribution is 2.24. The fourth-order valence-corrected chi connectivity index (χ4v) is 4.21. The van der Waals surface area contributed by atoms with Gasteiger partial charge in [-0.2, -0.15) is 0 Å². The highest BCUT2D eigenvalue weighted by molar-refractivity contribution is 5.92. The van der Waals surface area contributed by atoms with Gasteiger partial charge in [-0.05, 0) is 25.7 Å². The Morgan fingerprint density at radius 1 is 0.903 bits per heavy atom. The molecule has 0 aliphatic carbocycles. The molecule has 5 rings (SSSR count). The Balaban J connectivity index is 1.26. The monoisotopic (exact) mass is 419 g/mol. The minimum Gasteiger partial charge on any atom is -0.356 e. The van der Waals surface area contributed by atoms with Gasteiger partial charge >= 0.3 is 0 Å². The Morgan fingerprint density at radius 3 is 2.45 bits per heavy atom. The smallest absolute Gasteiger partial charge is 0.230 e. The molecule has 0 radical (unpaired) electrons. The Bertz CT molecular complexity index is 1030. The normalized spacial score (nSPS) is 18.9. The molecule has 1 amide bonds. The van der Waals surface area contributed by atoms with E-state index in [9.17, 15) is 4.79 Å². The Hall–Kier alpha value is -3.56. The molecule has 10 heteroatoms. The lowest BCUT2D eigenvalue weighted by Crippen LogP contribution is -2.41. The molecule has 1 N–H and O–H groups in total. The van der Waals surface area contributed by atoms with E-state index in [-0.39, 0.29) is 11.8 Å². The van der Waals surface area contributed by atoms with E-state index in [2.05, 4.69) is 40.0 Å². The molecule has 2 saturated heterocycles. The number of imidazole rings is 1. The number of nitrogens with zero attached hydrogens (tertiary/aromatic N) is 8. The van der Waals surface area contributed by atoms with Gasteiger partial charge in [-0.1, -0.05) is 0 Å². The minimum absolute atomic E-state index is 0.0142. The van der Waals surface area contributed by atoms with Crippen molar-refractivity contribution in [2.75, 3.05) is 41.3 Å². The second kappa shape index (κ2) is 8.66. The van der Waals surface area contributed by atoms with Gasteiger partial charge in [-0.25, -0.2) is 24.9 Å². The van der Waals surface area contributed by atoms with Gasteiger partial charge < -0.3 is 15.1 Å². The summed E-state index contributed by atoms with van der Waals surface area (Å²) >= 11 is 0. The fourth-order valence-electron chi connectivity index (χ4n) is 4.21. The molecule has 2 fully saturated rings. The van der Waals surface area contributed by atoms with Gasteiger partial charge in [0.25, 0.3) is 0 Å². The lowest BCUT2D eigenvalue weighted by Gasteiger charge is -2.32. The molecule has 3 aromatic rings. The maximum atomic E-state index is 13.0. The molecule has 0 unspecified atom stereocenters. The van der Waals surface area contributed by atoms with Crippen molar-refractivity contribution >= 4 is 23.4 Å². The Kier molecular flexibility index (Phi) is 5.42.